The van der Waals surface area contributed by atoms with E-state index in [0.29, 0.717) is 5.69 Å². The molecule has 0 saturated heterocycles. The number of aliphatic carboxylic acids is 1. The third-order valence-electron chi connectivity index (χ3n) is 2.38. The van der Waals surface area contributed by atoms with Crippen molar-refractivity contribution in [2.24, 2.45) is 0 Å². The molecule has 1 heterocycles. The van der Waals surface area contributed by atoms with Crippen molar-refractivity contribution in [2.45, 2.75) is 10.1 Å². The molecule has 0 aromatic heterocycles. The van der Waals surface area contributed by atoms with Gasteiger partial charge in [-0.1, -0.05) is 11.6 Å². The lowest BCUT2D eigenvalue weighted by molar-refractivity contribution is -0.136. The summed E-state index contributed by atoms with van der Waals surface area (Å²) in [5, 5.41) is 10.4. The van der Waals surface area contributed by atoms with Gasteiger partial charge in [0.15, 0.2) is 15.1 Å². The van der Waals surface area contributed by atoms with E-state index in [2.05, 4.69) is 5.32 Å². The molecule has 0 saturated carbocycles. The Morgan fingerprint density at radius 2 is 2.19 bits per heavy atom. The highest BCUT2D eigenvalue weighted by molar-refractivity contribution is 7.93. The third kappa shape index (κ3) is 1.64. The minimum absolute atomic E-state index is 0.0568. The summed E-state index contributed by atoms with van der Waals surface area (Å²) in [5.74, 6) is -1.36. The Kier molecular flexibility index (Phi) is 2.55. The highest BCUT2D eigenvalue weighted by atomic mass is 35.5. The molecule has 0 aliphatic carbocycles. The lowest BCUT2D eigenvalue weighted by Crippen LogP contribution is -2.40. The first-order chi connectivity index (χ1) is 7.43. The van der Waals surface area contributed by atoms with Crippen LogP contribution in [0.1, 0.15) is 0 Å². The lowest BCUT2D eigenvalue weighted by atomic mass is 10.3. The normalized spacial score (nSPS) is 21.9. The average molecular weight is 262 g/mol. The fourth-order valence-electron chi connectivity index (χ4n) is 1.56. The van der Waals surface area contributed by atoms with Gasteiger partial charge >= 0.3 is 5.97 Å². The molecule has 1 unspecified atom stereocenters. The Hall–Kier alpha value is -1.27. The van der Waals surface area contributed by atoms with Crippen molar-refractivity contribution in [3.63, 3.8) is 0 Å². The molecular weight excluding hydrogens is 254 g/mol. The summed E-state index contributed by atoms with van der Waals surface area (Å²) < 4.78 is 23.8. The number of carbonyl (C=O) groups is 1. The van der Waals surface area contributed by atoms with Crippen LogP contribution in [0.15, 0.2) is 23.1 Å². The van der Waals surface area contributed by atoms with E-state index in [1.165, 1.54) is 12.1 Å². The number of carboxylic acid groups (broad SMARTS) is 1. The topological polar surface area (TPSA) is 83.5 Å². The number of benzene rings is 1. The first-order valence-electron chi connectivity index (χ1n) is 4.43. The van der Waals surface area contributed by atoms with Crippen molar-refractivity contribution < 1.29 is 18.3 Å². The second-order valence-electron chi connectivity index (χ2n) is 3.39. The highest BCUT2D eigenvalue weighted by Gasteiger charge is 2.38. The number of anilines is 1. The molecule has 1 aromatic rings. The maximum atomic E-state index is 11.9. The molecule has 0 amide bonds. The van der Waals surface area contributed by atoms with Crippen LogP contribution in [0.3, 0.4) is 0 Å². The lowest BCUT2D eigenvalue weighted by Gasteiger charge is -2.23. The molecule has 1 atom stereocenters. The molecule has 1 aliphatic rings. The average Bonchev–Trinajstić information content (AvgIpc) is 2.18. The van der Waals surface area contributed by atoms with Crippen molar-refractivity contribution in [1.29, 1.82) is 0 Å². The van der Waals surface area contributed by atoms with E-state index in [0.717, 1.165) is 0 Å². The van der Waals surface area contributed by atoms with Gasteiger partial charge in [0.2, 0.25) is 0 Å². The summed E-state index contributed by atoms with van der Waals surface area (Å²) in [7, 11) is -3.85. The van der Waals surface area contributed by atoms with Crippen molar-refractivity contribution in [1.82, 2.24) is 0 Å². The quantitative estimate of drug-likeness (QED) is 0.788. The first-order valence-corrected chi connectivity index (χ1v) is 6.35. The fourth-order valence-corrected chi connectivity index (χ4v) is 3.41. The van der Waals surface area contributed by atoms with Crippen molar-refractivity contribution in [2.75, 3.05) is 11.9 Å². The molecule has 86 valence electrons. The number of nitrogens with one attached hydrogen (secondary N) is 1. The third-order valence-corrected chi connectivity index (χ3v) is 4.68. The Labute approximate surface area is 97.0 Å². The maximum Gasteiger partial charge on any atom is 0.324 e. The standard InChI is InChI=1S/C9H8ClNO4S/c10-5-1-2-6-7(3-5)16(14,15)8(4-11-6)9(12)13/h1-3,8,11H,4H2,(H,12,13). The number of fused-ring (bicyclic) bond motifs is 1. The second-order valence-corrected chi connectivity index (χ2v) is 5.93. The SMILES string of the molecule is O=C(O)C1CNc2ccc(Cl)cc2S1(=O)=O. The van der Waals surface area contributed by atoms with E-state index >= 15 is 0 Å². The zero-order valence-corrected chi connectivity index (χ0v) is 9.55. The predicted molar refractivity (Wildman–Crippen MR) is 58.6 cm³/mol. The van der Waals surface area contributed by atoms with Crippen LogP contribution in [-0.2, 0) is 14.6 Å². The van der Waals surface area contributed by atoms with E-state index in [-0.39, 0.29) is 16.5 Å². The van der Waals surface area contributed by atoms with Crippen molar-refractivity contribution in [3.05, 3.63) is 23.2 Å². The molecule has 2 rings (SSSR count). The molecule has 1 aromatic carbocycles. The number of rotatable bonds is 1. The van der Waals surface area contributed by atoms with Crippen LogP contribution in [0.25, 0.3) is 0 Å². The highest BCUT2D eigenvalue weighted by Crippen LogP contribution is 2.31. The van der Waals surface area contributed by atoms with Gasteiger partial charge in [0.1, 0.15) is 0 Å². The maximum absolute atomic E-state index is 11.9. The van der Waals surface area contributed by atoms with Crippen LogP contribution in [-0.4, -0.2) is 31.3 Å². The van der Waals surface area contributed by atoms with Crippen molar-refractivity contribution >= 4 is 33.1 Å². The molecule has 1 aliphatic heterocycles. The van der Waals surface area contributed by atoms with Gasteiger partial charge in [0.25, 0.3) is 0 Å². The summed E-state index contributed by atoms with van der Waals surface area (Å²) in [4.78, 5) is 10.8. The van der Waals surface area contributed by atoms with Gasteiger partial charge in [-0.05, 0) is 18.2 Å². The summed E-state index contributed by atoms with van der Waals surface area (Å²) in [6.07, 6.45) is 0. The summed E-state index contributed by atoms with van der Waals surface area (Å²) in [6.45, 7) is -0.133. The second kappa shape index (κ2) is 3.64. The molecule has 2 N–H and O–H groups in total. The van der Waals surface area contributed by atoms with E-state index in [1.807, 2.05) is 0 Å². The number of hydrogen-bond acceptors (Lipinski definition) is 4. The number of hydrogen-bond donors (Lipinski definition) is 2. The van der Waals surface area contributed by atoms with Gasteiger partial charge in [0, 0.05) is 11.6 Å². The van der Waals surface area contributed by atoms with Gasteiger partial charge in [-0.25, -0.2) is 8.42 Å². The van der Waals surface area contributed by atoms with E-state index < -0.39 is 21.1 Å². The van der Waals surface area contributed by atoms with Gasteiger partial charge in [-0.15, -0.1) is 0 Å². The Balaban J connectivity index is 2.62. The molecule has 7 heteroatoms. The zero-order valence-electron chi connectivity index (χ0n) is 7.97. The smallest absolute Gasteiger partial charge is 0.324 e. The Bertz CT molecular complexity index is 555. The molecule has 0 radical (unpaired) electrons. The largest absolute Gasteiger partial charge is 0.480 e. The monoisotopic (exact) mass is 261 g/mol. The van der Waals surface area contributed by atoms with Crippen LogP contribution in [0, 0.1) is 0 Å². The van der Waals surface area contributed by atoms with E-state index in [9.17, 15) is 13.2 Å². The summed E-state index contributed by atoms with van der Waals surface area (Å²) >= 11 is 5.69. The first kappa shape index (κ1) is 11.2. The van der Waals surface area contributed by atoms with Crippen LogP contribution in [0.4, 0.5) is 5.69 Å². The fraction of sp³-hybridized carbons (Fsp3) is 0.222. The summed E-state index contributed by atoms with van der Waals surface area (Å²) in [6, 6.07) is 4.33. The van der Waals surface area contributed by atoms with Crippen LogP contribution in [0.2, 0.25) is 5.02 Å². The molecular formula is C9H8ClNO4S. The van der Waals surface area contributed by atoms with Crippen LogP contribution in [0.5, 0.6) is 0 Å². The number of sulfone groups is 1. The number of halogens is 1. The van der Waals surface area contributed by atoms with Crippen molar-refractivity contribution in [3.8, 4) is 0 Å². The predicted octanol–water partition coefficient (Wildman–Crippen LogP) is 0.992. The van der Waals surface area contributed by atoms with Crippen LogP contribution < -0.4 is 5.32 Å². The Morgan fingerprint density at radius 1 is 1.50 bits per heavy atom. The van der Waals surface area contributed by atoms with Crippen LogP contribution >= 0.6 is 11.6 Å². The Morgan fingerprint density at radius 3 is 2.81 bits per heavy atom. The van der Waals surface area contributed by atoms with E-state index in [1.54, 1.807) is 6.07 Å². The molecule has 5 nitrogen and oxygen atoms in total. The van der Waals surface area contributed by atoms with Gasteiger partial charge in [0.05, 0.1) is 10.6 Å². The number of carboxylic acids is 1. The van der Waals surface area contributed by atoms with Gasteiger partial charge in [-0.3, -0.25) is 4.79 Å². The van der Waals surface area contributed by atoms with E-state index in [4.69, 9.17) is 16.7 Å². The minimum atomic E-state index is -3.85. The molecule has 16 heavy (non-hydrogen) atoms. The van der Waals surface area contributed by atoms with Gasteiger partial charge < -0.3 is 10.4 Å². The minimum Gasteiger partial charge on any atom is -0.480 e. The van der Waals surface area contributed by atoms with Gasteiger partial charge in [-0.2, -0.15) is 0 Å². The zero-order chi connectivity index (χ0) is 11.9. The molecule has 0 spiro atoms. The summed E-state index contributed by atoms with van der Waals surface area (Å²) in [5.41, 5.74) is 0.391. The molecule has 0 fully saturated rings. The molecule has 0 bridgehead atoms.